The lowest BCUT2D eigenvalue weighted by molar-refractivity contribution is -0.387. The third kappa shape index (κ3) is 3.86. The van der Waals surface area contributed by atoms with Gasteiger partial charge in [0.05, 0.1) is 4.92 Å². The Morgan fingerprint density at radius 3 is 2.46 bits per heavy atom. The summed E-state index contributed by atoms with van der Waals surface area (Å²) in [7, 11) is -4.34. The van der Waals surface area contributed by atoms with Crippen LogP contribution in [0.2, 0.25) is 5.02 Å². The highest BCUT2D eigenvalue weighted by Crippen LogP contribution is 2.28. The zero-order chi connectivity index (χ0) is 18.1. The maximum atomic E-state index is 13.7. The summed E-state index contributed by atoms with van der Waals surface area (Å²) in [6, 6.07) is 4.68. The van der Waals surface area contributed by atoms with Crippen molar-refractivity contribution in [1.82, 2.24) is 4.72 Å². The Balaban J connectivity index is 2.40. The molecule has 0 amide bonds. The predicted molar refractivity (Wildman–Crippen MR) is 83.2 cm³/mol. The van der Waals surface area contributed by atoms with Crippen molar-refractivity contribution in [2.45, 2.75) is 17.9 Å². The number of nitrogens with one attached hydrogen (secondary N) is 1. The third-order valence-corrected chi connectivity index (χ3v) is 4.99. The summed E-state index contributed by atoms with van der Waals surface area (Å²) in [6.45, 7) is 1.33. The molecule has 2 aromatic carbocycles. The van der Waals surface area contributed by atoms with E-state index >= 15 is 0 Å². The number of rotatable bonds is 5. The SMILES string of the molecule is C[C@H](NS(=O)(=O)c1ccc(Cl)cc1[N+](=O)[O-])c1ccc(F)cc1F. The third-order valence-electron chi connectivity index (χ3n) is 3.17. The second-order valence-electron chi connectivity index (χ2n) is 4.88. The summed E-state index contributed by atoms with van der Waals surface area (Å²) in [4.78, 5) is 9.53. The zero-order valence-electron chi connectivity index (χ0n) is 12.2. The fraction of sp³-hybridized carbons (Fsp3) is 0.143. The molecule has 1 N–H and O–H groups in total. The monoisotopic (exact) mass is 376 g/mol. The molecule has 0 radical (unpaired) electrons. The van der Waals surface area contributed by atoms with Gasteiger partial charge in [-0.1, -0.05) is 17.7 Å². The van der Waals surface area contributed by atoms with E-state index in [9.17, 15) is 27.3 Å². The number of hydrogen-bond donors (Lipinski definition) is 1. The molecular formula is C14H11ClF2N2O4S. The minimum atomic E-state index is -4.34. The van der Waals surface area contributed by atoms with E-state index in [-0.39, 0.29) is 10.6 Å². The Hall–Kier alpha value is -2.10. The van der Waals surface area contributed by atoms with E-state index in [1.54, 1.807) is 0 Å². The topological polar surface area (TPSA) is 89.3 Å². The Labute approximate surface area is 141 Å². The van der Waals surface area contributed by atoms with Crippen LogP contribution in [0.1, 0.15) is 18.5 Å². The second kappa shape index (κ2) is 6.80. The number of nitrogens with zero attached hydrogens (tertiary/aromatic N) is 1. The van der Waals surface area contributed by atoms with Crippen LogP contribution in [0, 0.1) is 21.7 Å². The summed E-state index contributed by atoms with van der Waals surface area (Å²) in [6.07, 6.45) is 0. The molecule has 10 heteroatoms. The summed E-state index contributed by atoms with van der Waals surface area (Å²) >= 11 is 5.64. The average Bonchev–Trinajstić information content (AvgIpc) is 2.45. The molecule has 6 nitrogen and oxygen atoms in total. The molecule has 0 fully saturated rings. The first-order valence-corrected chi connectivity index (χ1v) is 8.39. The summed E-state index contributed by atoms with van der Waals surface area (Å²) in [5.74, 6) is -1.74. The highest BCUT2D eigenvalue weighted by Gasteiger charge is 2.28. The molecule has 128 valence electrons. The van der Waals surface area contributed by atoms with Crippen molar-refractivity contribution < 1.29 is 22.1 Å². The minimum absolute atomic E-state index is 0.00159. The molecule has 0 heterocycles. The molecule has 2 rings (SSSR count). The van der Waals surface area contributed by atoms with Crippen LogP contribution in [-0.4, -0.2) is 13.3 Å². The van der Waals surface area contributed by atoms with Gasteiger partial charge in [0.25, 0.3) is 5.69 Å². The lowest BCUT2D eigenvalue weighted by atomic mass is 10.1. The van der Waals surface area contributed by atoms with Gasteiger partial charge in [0.2, 0.25) is 10.0 Å². The number of sulfonamides is 1. The van der Waals surface area contributed by atoms with Crippen molar-refractivity contribution in [3.05, 3.63) is 68.7 Å². The standard InChI is InChI=1S/C14H11ClF2N2O4S/c1-8(11-4-3-10(16)7-12(11)17)18-24(22,23)14-5-2-9(15)6-13(14)19(20)21/h2-8,18H,1H3/t8-/m0/s1. The van der Waals surface area contributed by atoms with Crippen LogP contribution >= 0.6 is 11.6 Å². The molecule has 0 saturated heterocycles. The molecular weight excluding hydrogens is 366 g/mol. The van der Waals surface area contributed by atoms with E-state index in [0.717, 1.165) is 24.3 Å². The number of halogens is 3. The average molecular weight is 377 g/mol. The van der Waals surface area contributed by atoms with Crippen LogP contribution in [0.3, 0.4) is 0 Å². The van der Waals surface area contributed by atoms with Gasteiger partial charge in [0, 0.05) is 28.8 Å². The van der Waals surface area contributed by atoms with Crippen LogP contribution in [-0.2, 0) is 10.0 Å². The van der Waals surface area contributed by atoms with Gasteiger partial charge in [-0.2, -0.15) is 0 Å². The minimum Gasteiger partial charge on any atom is -0.258 e. The lowest BCUT2D eigenvalue weighted by Crippen LogP contribution is -2.28. The highest BCUT2D eigenvalue weighted by atomic mass is 35.5. The van der Waals surface area contributed by atoms with Gasteiger partial charge >= 0.3 is 0 Å². The lowest BCUT2D eigenvalue weighted by Gasteiger charge is -2.15. The Bertz CT molecular complexity index is 906. The van der Waals surface area contributed by atoms with Gasteiger partial charge in [-0.15, -0.1) is 0 Å². The fourth-order valence-electron chi connectivity index (χ4n) is 2.07. The van der Waals surface area contributed by atoms with Crippen molar-refractivity contribution in [3.63, 3.8) is 0 Å². The predicted octanol–water partition coefficient (Wildman–Crippen LogP) is 3.57. The van der Waals surface area contributed by atoms with Crippen molar-refractivity contribution in [1.29, 1.82) is 0 Å². The molecule has 0 aliphatic heterocycles. The number of hydrogen-bond acceptors (Lipinski definition) is 4. The van der Waals surface area contributed by atoms with Crippen molar-refractivity contribution in [3.8, 4) is 0 Å². The van der Waals surface area contributed by atoms with Crippen LogP contribution in [0.25, 0.3) is 0 Å². The number of nitro benzene ring substituents is 1. The fourth-order valence-corrected chi connectivity index (χ4v) is 3.61. The first kappa shape index (κ1) is 18.2. The molecule has 0 spiro atoms. The molecule has 24 heavy (non-hydrogen) atoms. The first-order chi connectivity index (χ1) is 11.1. The van der Waals surface area contributed by atoms with E-state index in [2.05, 4.69) is 4.72 Å². The van der Waals surface area contributed by atoms with E-state index in [0.29, 0.717) is 6.07 Å². The molecule has 0 aliphatic carbocycles. The van der Waals surface area contributed by atoms with Crippen molar-refractivity contribution in [2.75, 3.05) is 0 Å². The molecule has 0 bridgehead atoms. The van der Waals surface area contributed by atoms with Crippen LogP contribution in [0.5, 0.6) is 0 Å². The zero-order valence-corrected chi connectivity index (χ0v) is 13.7. The maximum Gasteiger partial charge on any atom is 0.290 e. The Morgan fingerprint density at radius 2 is 1.88 bits per heavy atom. The van der Waals surface area contributed by atoms with Crippen molar-refractivity contribution in [2.24, 2.45) is 0 Å². The van der Waals surface area contributed by atoms with Gasteiger partial charge < -0.3 is 0 Å². The number of nitro groups is 1. The van der Waals surface area contributed by atoms with Gasteiger partial charge in [0.15, 0.2) is 4.90 Å². The molecule has 0 unspecified atom stereocenters. The highest BCUT2D eigenvalue weighted by molar-refractivity contribution is 7.89. The summed E-state index contributed by atoms with van der Waals surface area (Å²) in [5.41, 5.74) is -0.807. The van der Waals surface area contributed by atoms with Gasteiger partial charge in [0.1, 0.15) is 11.6 Å². The first-order valence-electron chi connectivity index (χ1n) is 6.53. The molecule has 1 atom stereocenters. The maximum absolute atomic E-state index is 13.7. The van der Waals surface area contributed by atoms with Crippen molar-refractivity contribution >= 4 is 27.3 Å². The number of benzene rings is 2. The summed E-state index contributed by atoms with van der Waals surface area (Å²) < 4.78 is 53.5. The van der Waals surface area contributed by atoms with E-state index in [4.69, 9.17) is 11.6 Å². The Morgan fingerprint density at radius 1 is 1.21 bits per heavy atom. The van der Waals surface area contributed by atoms with Crippen LogP contribution in [0.4, 0.5) is 14.5 Å². The van der Waals surface area contributed by atoms with E-state index in [1.165, 1.54) is 13.0 Å². The van der Waals surface area contributed by atoms with Crippen LogP contribution in [0.15, 0.2) is 41.3 Å². The van der Waals surface area contributed by atoms with Gasteiger partial charge in [-0.3, -0.25) is 10.1 Å². The van der Waals surface area contributed by atoms with Gasteiger partial charge in [-0.05, 0) is 25.1 Å². The largest absolute Gasteiger partial charge is 0.290 e. The second-order valence-corrected chi connectivity index (χ2v) is 7.00. The molecule has 0 aliphatic rings. The normalized spacial score (nSPS) is 12.8. The van der Waals surface area contributed by atoms with Crippen LogP contribution < -0.4 is 4.72 Å². The summed E-state index contributed by atoms with van der Waals surface area (Å²) in [5, 5.41) is 11.0. The van der Waals surface area contributed by atoms with Gasteiger partial charge in [-0.25, -0.2) is 21.9 Å². The van der Waals surface area contributed by atoms with E-state index < -0.39 is 43.2 Å². The smallest absolute Gasteiger partial charge is 0.258 e. The Kier molecular flexibility index (Phi) is 5.16. The molecule has 2 aromatic rings. The quantitative estimate of drug-likeness (QED) is 0.638. The molecule has 0 aromatic heterocycles. The molecule has 0 saturated carbocycles. The van der Waals surface area contributed by atoms with E-state index in [1.807, 2.05) is 0 Å².